The van der Waals surface area contributed by atoms with Crippen molar-refractivity contribution in [3.05, 3.63) is 65.2 Å². The van der Waals surface area contributed by atoms with Crippen LogP contribution in [0.5, 0.6) is 0 Å². The van der Waals surface area contributed by atoms with Gasteiger partial charge in [0.2, 0.25) is 5.91 Å². The van der Waals surface area contributed by atoms with Crippen LogP contribution in [0, 0.1) is 5.92 Å². The van der Waals surface area contributed by atoms with Gasteiger partial charge in [0.1, 0.15) is 0 Å². The molecule has 0 radical (unpaired) electrons. The average Bonchev–Trinajstić information content (AvgIpc) is 3.02. The summed E-state index contributed by atoms with van der Waals surface area (Å²) in [4.78, 5) is 27.2. The molecule has 1 aliphatic rings. The maximum absolute atomic E-state index is 13.0. The Hall–Kier alpha value is -2.62. The number of hydrogen-bond acceptors (Lipinski definition) is 2. The Kier molecular flexibility index (Phi) is 5.94. The predicted octanol–water partition coefficient (Wildman–Crippen LogP) is 4.33. The fourth-order valence-electron chi connectivity index (χ4n) is 3.79. The van der Waals surface area contributed by atoms with Crippen LogP contribution >= 0.6 is 0 Å². The Morgan fingerprint density at radius 1 is 1.11 bits per heavy atom. The zero-order valence-corrected chi connectivity index (χ0v) is 16.4. The van der Waals surface area contributed by atoms with Gasteiger partial charge in [0.15, 0.2) is 0 Å². The van der Waals surface area contributed by atoms with Gasteiger partial charge in [-0.15, -0.1) is 0 Å². The first-order valence-corrected chi connectivity index (χ1v) is 9.83. The van der Waals surface area contributed by atoms with Crippen LogP contribution in [0.2, 0.25) is 0 Å². The second-order valence-electron chi connectivity index (χ2n) is 7.29. The van der Waals surface area contributed by atoms with E-state index >= 15 is 0 Å². The van der Waals surface area contributed by atoms with Crippen molar-refractivity contribution in [1.82, 2.24) is 5.32 Å². The molecule has 1 unspecified atom stereocenters. The highest BCUT2D eigenvalue weighted by atomic mass is 16.2. The molecule has 2 amide bonds. The molecule has 0 spiro atoms. The summed E-state index contributed by atoms with van der Waals surface area (Å²) < 4.78 is 0. The van der Waals surface area contributed by atoms with E-state index in [9.17, 15) is 9.59 Å². The van der Waals surface area contributed by atoms with E-state index in [1.54, 1.807) is 0 Å². The van der Waals surface area contributed by atoms with Gasteiger partial charge in [-0.3, -0.25) is 9.59 Å². The fourth-order valence-corrected chi connectivity index (χ4v) is 3.79. The fraction of sp³-hybridized carbons (Fsp3) is 0.391. The third-order valence-electron chi connectivity index (χ3n) is 5.43. The summed E-state index contributed by atoms with van der Waals surface area (Å²) in [5.74, 6) is 0.196. The number of amides is 2. The van der Waals surface area contributed by atoms with E-state index in [1.165, 1.54) is 5.56 Å². The number of rotatable bonds is 6. The van der Waals surface area contributed by atoms with E-state index in [1.807, 2.05) is 55.1 Å². The van der Waals surface area contributed by atoms with Gasteiger partial charge in [0.05, 0.1) is 0 Å². The van der Waals surface area contributed by atoms with Crippen molar-refractivity contribution in [3.63, 3.8) is 0 Å². The zero-order valence-electron chi connectivity index (χ0n) is 16.4. The quantitative estimate of drug-likeness (QED) is 0.829. The summed E-state index contributed by atoms with van der Waals surface area (Å²) >= 11 is 0. The molecule has 142 valence electrons. The largest absolute Gasteiger partial charge is 0.352 e. The van der Waals surface area contributed by atoms with E-state index < -0.39 is 0 Å². The van der Waals surface area contributed by atoms with Crippen LogP contribution in [0.4, 0.5) is 5.69 Å². The monoisotopic (exact) mass is 364 g/mol. The smallest absolute Gasteiger partial charge is 0.258 e. The number of nitrogens with zero attached hydrogens (tertiary/aromatic N) is 1. The molecule has 0 aliphatic carbocycles. The molecule has 2 aromatic carbocycles. The van der Waals surface area contributed by atoms with Crippen molar-refractivity contribution in [2.24, 2.45) is 5.92 Å². The summed E-state index contributed by atoms with van der Waals surface area (Å²) in [6.45, 7) is 6.65. The maximum atomic E-state index is 13.0. The lowest BCUT2D eigenvalue weighted by atomic mass is 10.0. The third-order valence-corrected chi connectivity index (χ3v) is 5.43. The molecular formula is C23H28N2O2. The molecule has 0 bridgehead atoms. The molecule has 0 aromatic heterocycles. The number of benzene rings is 2. The normalized spacial score (nSPS) is 15.7. The topological polar surface area (TPSA) is 49.4 Å². The van der Waals surface area contributed by atoms with Gasteiger partial charge in [-0.25, -0.2) is 0 Å². The van der Waals surface area contributed by atoms with Gasteiger partial charge in [0.25, 0.3) is 5.91 Å². The Balaban J connectivity index is 1.78. The summed E-state index contributed by atoms with van der Waals surface area (Å²) in [7, 11) is 0. The van der Waals surface area contributed by atoms with E-state index in [-0.39, 0.29) is 23.8 Å². The average molecular weight is 364 g/mol. The molecule has 4 nitrogen and oxygen atoms in total. The van der Waals surface area contributed by atoms with Crippen LogP contribution < -0.4 is 10.2 Å². The first-order valence-electron chi connectivity index (χ1n) is 9.83. The molecule has 0 saturated carbocycles. The van der Waals surface area contributed by atoms with Gasteiger partial charge < -0.3 is 10.2 Å². The predicted molar refractivity (Wildman–Crippen MR) is 109 cm³/mol. The van der Waals surface area contributed by atoms with Crippen LogP contribution in [0.3, 0.4) is 0 Å². The van der Waals surface area contributed by atoms with Gasteiger partial charge >= 0.3 is 0 Å². The summed E-state index contributed by atoms with van der Waals surface area (Å²) in [5, 5.41) is 3.04. The number of hydrogen-bond donors (Lipinski definition) is 1. The first-order chi connectivity index (χ1) is 13.0. The Bertz CT molecular complexity index is 812. The van der Waals surface area contributed by atoms with E-state index in [0.717, 1.165) is 30.5 Å². The summed E-state index contributed by atoms with van der Waals surface area (Å²) in [6.07, 6.45) is 2.56. The van der Waals surface area contributed by atoms with Crippen LogP contribution in [0.15, 0.2) is 48.5 Å². The van der Waals surface area contributed by atoms with Crippen molar-refractivity contribution >= 4 is 17.5 Å². The number of fused-ring (bicyclic) bond motifs is 1. The SMILES string of the molecule is CCC(CC)C(=O)NCc1ccc2c(c1)N(C(=O)c1ccccc1)C(C)C2. The van der Waals surface area contributed by atoms with Gasteiger partial charge in [-0.05, 0) is 55.5 Å². The minimum absolute atomic E-state index is 0.0278. The van der Waals surface area contributed by atoms with E-state index in [2.05, 4.69) is 24.4 Å². The molecule has 2 aromatic rings. The van der Waals surface area contributed by atoms with Crippen LogP contribution in [0.25, 0.3) is 0 Å². The highest BCUT2D eigenvalue weighted by molar-refractivity contribution is 6.07. The molecule has 1 N–H and O–H groups in total. The molecule has 4 heteroatoms. The van der Waals surface area contributed by atoms with Gasteiger partial charge in [-0.2, -0.15) is 0 Å². The Morgan fingerprint density at radius 3 is 2.48 bits per heavy atom. The Labute approximate surface area is 161 Å². The maximum Gasteiger partial charge on any atom is 0.258 e. The molecule has 1 heterocycles. The second-order valence-corrected chi connectivity index (χ2v) is 7.29. The van der Waals surface area contributed by atoms with Crippen molar-refractivity contribution in [2.75, 3.05) is 4.90 Å². The molecule has 27 heavy (non-hydrogen) atoms. The minimum atomic E-state index is 0.0278. The number of nitrogens with one attached hydrogen (secondary N) is 1. The van der Waals surface area contributed by atoms with Gasteiger partial charge in [-0.1, -0.05) is 44.2 Å². The van der Waals surface area contributed by atoms with Crippen molar-refractivity contribution in [3.8, 4) is 0 Å². The molecule has 3 rings (SSSR count). The lowest BCUT2D eigenvalue weighted by molar-refractivity contribution is -0.125. The first kappa shape index (κ1) is 19.2. The number of carbonyl (C=O) groups is 2. The highest BCUT2D eigenvalue weighted by Crippen LogP contribution is 2.34. The summed E-state index contributed by atoms with van der Waals surface area (Å²) in [5.41, 5.74) is 3.87. The third kappa shape index (κ3) is 4.05. The van der Waals surface area contributed by atoms with Crippen molar-refractivity contribution < 1.29 is 9.59 Å². The lowest BCUT2D eigenvalue weighted by Crippen LogP contribution is -2.35. The molecule has 1 aliphatic heterocycles. The molecule has 0 fully saturated rings. The zero-order chi connectivity index (χ0) is 19.4. The highest BCUT2D eigenvalue weighted by Gasteiger charge is 2.31. The van der Waals surface area contributed by atoms with Gasteiger partial charge in [0, 0.05) is 29.8 Å². The van der Waals surface area contributed by atoms with Crippen LogP contribution in [0.1, 0.15) is 55.1 Å². The molecule has 1 atom stereocenters. The Morgan fingerprint density at radius 2 is 1.81 bits per heavy atom. The van der Waals surface area contributed by atoms with E-state index in [0.29, 0.717) is 12.1 Å². The number of carbonyl (C=O) groups excluding carboxylic acids is 2. The van der Waals surface area contributed by atoms with E-state index in [4.69, 9.17) is 0 Å². The van der Waals surface area contributed by atoms with Crippen molar-refractivity contribution in [1.29, 1.82) is 0 Å². The van der Waals surface area contributed by atoms with Crippen LogP contribution in [-0.2, 0) is 17.8 Å². The second kappa shape index (κ2) is 8.38. The van der Waals surface area contributed by atoms with Crippen LogP contribution in [-0.4, -0.2) is 17.9 Å². The standard InChI is InChI=1S/C23H28N2O2/c1-4-18(5-2)22(26)24-15-17-11-12-20-13-16(3)25(21(20)14-17)23(27)19-9-7-6-8-10-19/h6-12,14,16,18H,4-5,13,15H2,1-3H3,(H,24,26). The van der Waals surface area contributed by atoms with Crippen molar-refractivity contribution in [2.45, 2.75) is 52.6 Å². The lowest BCUT2D eigenvalue weighted by Gasteiger charge is -2.23. The number of anilines is 1. The minimum Gasteiger partial charge on any atom is -0.352 e. The molecule has 0 saturated heterocycles. The summed E-state index contributed by atoms with van der Waals surface area (Å²) in [6, 6.07) is 15.7. The molecular weight excluding hydrogens is 336 g/mol.